The summed E-state index contributed by atoms with van der Waals surface area (Å²) in [5, 5.41) is 0.697. The number of halogens is 1. The normalized spacial score (nSPS) is 15.9. The molecule has 3 aromatic carbocycles. The minimum absolute atomic E-state index is 0.0543. The van der Waals surface area contributed by atoms with Gasteiger partial charge in [-0.25, -0.2) is 4.98 Å². The van der Waals surface area contributed by atoms with Gasteiger partial charge >= 0.3 is 0 Å². The van der Waals surface area contributed by atoms with Crippen LogP contribution in [-0.4, -0.2) is 28.6 Å². The van der Waals surface area contributed by atoms with E-state index in [9.17, 15) is 4.79 Å². The van der Waals surface area contributed by atoms with Gasteiger partial charge in [0.2, 0.25) is 5.91 Å². The first-order chi connectivity index (χ1) is 16.5. The van der Waals surface area contributed by atoms with Crippen molar-refractivity contribution in [2.45, 2.75) is 39.2 Å². The molecule has 0 N–H and O–H groups in total. The van der Waals surface area contributed by atoms with Crippen molar-refractivity contribution < 1.29 is 9.53 Å². The summed E-state index contributed by atoms with van der Waals surface area (Å²) in [7, 11) is 0. The lowest BCUT2D eigenvalue weighted by Crippen LogP contribution is -2.24. The molecular formula is C28H28ClN3O2. The van der Waals surface area contributed by atoms with E-state index in [1.165, 1.54) is 11.1 Å². The molecule has 1 aliphatic rings. The lowest BCUT2D eigenvalue weighted by atomic mass is 10.1. The first-order valence-corrected chi connectivity index (χ1v) is 12.1. The van der Waals surface area contributed by atoms with Gasteiger partial charge in [-0.05, 0) is 79.9 Å². The fraction of sp³-hybridized carbons (Fsp3) is 0.286. The standard InChI is InChI=1S/C28H28ClN3O2/c1-19-8-11-23(16-20(19)2)32-18-21(17-27(32)33)28-30-25-6-3-4-7-26(25)31(28)14-5-15-34-24-12-9-22(29)10-13-24/h3-4,6-13,16,21H,5,14-15,17-18H2,1-2H3. The number of fused-ring (bicyclic) bond motifs is 1. The van der Waals surface area contributed by atoms with Gasteiger partial charge in [0.15, 0.2) is 0 Å². The van der Waals surface area contributed by atoms with Crippen molar-refractivity contribution in [2.24, 2.45) is 0 Å². The van der Waals surface area contributed by atoms with Crippen molar-refractivity contribution in [2.75, 3.05) is 18.1 Å². The fourth-order valence-electron chi connectivity index (χ4n) is 4.61. The predicted octanol–water partition coefficient (Wildman–Crippen LogP) is 6.30. The second kappa shape index (κ2) is 9.51. The molecule has 0 spiro atoms. The number of aromatic nitrogens is 2. The van der Waals surface area contributed by atoms with Crippen LogP contribution in [0.1, 0.15) is 35.7 Å². The largest absolute Gasteiger partial charge is 0.494 e. The topological polar surface area (TPSA) is 47.4 Å². The van der Waals surface area contributed by atoms with E-state index in [1.54, 1.807) is 0 Å². The van der Waals surface area contributed by atoms with Crippen LogP contribution in [0.4, 0.5) is 5.69 Å². The van der Waals surface area contributed by atoms with Gasteiger partial charge < -0.3 is 14.2 Å². The Bertz CT molecular complexity index is 1330. The first-order valence-electron chi connectivity index (χ1n) is 11.7. The van der Waals surface area contributed by atoms with E-state index in [1.807, 2.05) is 53.4 Å². The first kappa shape index (κ1) is 22.5. The fourth-order valence-corrected chi connectivity index (χ4v) is 4.73. The Hall–Kier alpha value is -3.31. The molecule has 174 valence electrons. The molecule has 4 aromatic rings. The highest BCUT2D eigenvalue weighted by molar-refractivity contribution is 6.30. The molecule has 2 heterocycles. The molecule has 1 fully saturated rings. The maximum Gasteiger partial charge on any atom is 0.227 e. The summed E-state index contributed by atoms with van der Waals surface area (Å²) >= 11 is 5.96. The van der Waals surface area contributed by atoms with Crippen LogP contribution in [-0.2, 0) is 11.3 Å². The van der Waals surface area contributed by atoms with Crippen LogP contribution in [0.25, 0.3) is 11.0 Å². The van der Waals surface area contributed by atoms with Crippen molar-refractivity contribution >= 4 is 34.2 Å². The number of hydrogen-bond acceptors (Lipinski definition) is 3. The zero-order valence-electron chi connectivity index (χ0n) is 19.5. The lowest BCUT2D eigenvalue weighted by Gasteiger charge is -2.18. The number of ether oxygens (including phenoxy) is 1. The zero-order valence-corrected chi connectivity index (χ0v) is 20.3. The highest BCUT2D eigenvalue weighted by Crippen LogP contribution is 2.34. The lowest BCUT2D eigenvalue weighted by molar-refractivity contribution is -0.117. The van der Waals surface area contributed by atoms with Crippen LogP contribution in [0.2, 0.25) is 5.02 Å². The van der Waals surface area contributed by atoms with E-state index in [0.29, 0.717) is 24.6 Å². The number of aryl methyl sites for hydroxylation is 3. The van der Waals surface area contributed by atoms with E-state index >= 15 is 0 Å². The molecule has 0 radical (unpaired) electrons. The molecule has 0 saturated carbocycles. The van der Waals surface area contributed by atoms with Gasteiger partial charge in [-0.15, -0.1) is 0 Å². The van der Waals surface area contributed by atoms with Crippen LogP contribution in [0.15, 0.2) is 66.7 Å². The van der Waals surface area contributed by atoms with Crippen molar-refractivity contribution in [1.82, 2.24) is 9.55 Å². The van der Waals surface area contributed by atoms with E-state index in [-0.39, 0.29) is 11.8 Å². The SMILES string of the molecule is Cc1ccc(N2CC(c3nc4ccccc4n3CCCOc3ccc(Cl)cc3)CC2=O)cc1C. The number of carbonyl (C=O) groups excluding carboxylic acids is 1. The minimum Gasteiger partial charge on any atom is -0.494 e. The molecule has 34 heavy (non-hydrogen) atoms. The minimum atomic E-state index is 0.0543. The number of amides is 1. The van der Waals surface area contributed by atoms with Gasteiger partial charge in [0, 0.05) is 36.1 Å². The Balaban J connectivity index is 1.34. The van der Waals surface area contributed by atoms with Gasteiger partial charge in [-0.1, -0.05) is 29.8 Å². The third-order valence-electron chi connectivity index (χ3n) is 6.58. The molecule has 6 heteroatoms. The van der Waals surface area contributed by atoms with Crippen LogP contribution in [0.5, 0.6) is 5.75 Å². The highest BCUT2D eigenvalue weighted by Gasteiger charge is 2.34. The summed E-state index contributed by atoms with van der Waals surface area (Å²) in [6.07, 6.45) is 1.30. The van der Waals surface area contributed by atoms with Gasteiger partial charge in [-0.3, -0.25) is 4.79 Å². The van der Waals surface area contributed by atoms with Crippen LogP contribution in [0, 0.1) is 13.8 Å². The molecule has 5 rings (SSSR count). The van der Waals surface area contributed by atoms with Crippen LogP contribution < -0.4 is 9.64 Å². The molecule has 0 aliphatic carbocycles. The summed E-state index contributed by atoms with van der Waals surface area (Å²) in [6.45, 7) is 6.19. The second-order valence-electron chi connectivity index (χ2n) is 8.94. The van der Waals surface area contributed by atoms with E-state index in [0.717, 1.165) is 41.3 Å². The maximum atomic E-state index is 13.0. The molecular weight excluding hydrogens is 446 g/mol. The molecule has 1 unspecified atom stereocenters. The van der Waals surface area contributed by atoms with Crippen molar-refractivity contribution in [1.29, 1.82) is 0 Å². The molecule has 1 amide bonds. The van der Waals surface area contributed by atoms with Gasteiger partial charge in [0.1, 0.15) is 11.6 Å². The second-order valence-corrected chi connectivity index (χ2v) is 9.38. The third kappa shape index (κ3) is 4.53. The number of benzene rings is 3. The zero-order chi connectivity index (χ0) is 23.7. The molecule has 5 nitrogen and oxygen atoms in total. The highest BCUT2D eigenvalue weighted by atomic mass is 35.5. The predicted molar refractivity (Wildman–Crippen MR) is 137 cm³/mol. The molecule has 0 bridgehead atoms. The van der Waals surface area contributed by atoms with Gasteiger partial charge in [-0.2, -0.15) is 0 Å². The van der Waals surface area contributed by atoms with E-state index in [2.05, 4.69) is 36.6 Å². The Kier molecular flexibility index (Phi) is 6.29. The Morgan fingerprint density at radius 1 is 1.03 bits per heavy atom. The third-order valence-corrected chi connectivity index (χ3v) is 6.84. The molecule has 1 saturated heterocycles. The Morgan fingerprint density at radius 2 is 1.82 bits per heavy atom. The summed E-state index contributed by atoms with van der Waals surface area (Å²) in [6, 6.07) is 21.8. The summed E-state index contributed by atoms with van der Waals surface area (Å²) in [5.74, 6) is 1.99. The number of imidazole rings is 1. The number of nitrogens with zero attached hydrogens (tertiary/aromatic N) is 3. The van der Waals surface area contributed by atoms with Crippen LogP contribution in [0.3, 0.4) is 0 Å². The van der Waals surface area contributed by atoms with E-state index in [4.69, 9.17) is 21.3 Å². The number of rotatable bonds is 7. The maximum absolute atomic E-state index is 13.0. The Labute approximate surface area is 204 Å². The summed E-state index contributed by atoms with van der Waals surface area (Å²) < 4.78 is 8.16. The molecule has 1 aliphatic heterocycles. The smallest absolute Gasteiger partial charge is 0.227 e. The van der Waals surface area contributed by atoms with Crippen molar-refractivity contribution in [3.8, 4) is 5.75 Å². The van der Waals surface area contributed by atoms with Gasteiger partial charge in [0.05, 0.1) is 17.6 Å². The van der Waals surface area contributed by atoms with Crippen molar-refractivity contribution in [3.05, 3.63) is 88.7 Å². The van der Waals surface area contributed by atoms with Crippen LogP contribution >= 0.6 is 11.6 Å². The number of anilines is 1. The average Bonchev–Trinajstić information content (AvgIpc) is 3.40. The summed E-state index contributed by atoms with van der Waals surface area (Å²) in [5.41, 5.74) is 5.46. The quantitative estimate of drug-likeness (QED) is 0.296. The summed E-state index contributed by atoms with van der Waals surface area (Å²) in [4.78, 5) is 19.9. The Morgan fingerprint density at radius 3 is 2.62 bits per heavy atom. The van der Waals surface area contributed by atoms with Gasteiger partial charge in [0.25, 0.3) is 0 Å². The number of carbonyl (C=O) groups is 1. The average molecular weight is 474 g/mol. The van der Waals surface area contributed by atoms with E-state index < -0.39 is 0 Å². The number of hydrogen-bond donors (Lipinski definition) is 0. The number of para-hydroxylation sites is 2. The monoisotopic (exact) mass is 473 g/mol. The molecule has 1 aromatic heterocycles. The molecule has 1 atom stereocenters. The van der Waals surface area contributed by atoms with Crippen molar-refractivity contribution in [3.63, 3.8) is 0 Å².